The van der Waals surface area contributed by atoms with Crippen LogP contribution in [0.5, 0.6) is 5.75 Å². The topological polar surface area (TPSA) is 38.8 Å². The summed E-state index contributed by atoms with van der Waals surface area (Å²) in [7, 11) is 0. The van der Waals surface area contributed by atoms with Gasteiger partial charge in [0.2, 0.25) is 0 Å². The highest BCUT2D eigenvalue weighted by Gasteiger charge is 2.17. The Morgan fingerprint density at radius 3 is 2.59 bits per heavy atom. The monoisotopic (exact) mass is 363 g/mol. The highest BCUT2D eigenvalue weighted by molar-refractivity contribution is 5.94. The van der Waals surface area contributed by atoms with Gasteiger partial charge in [-0.25, -0.2) is 0 Å². The third-order valence-electron chi connectivity index (χ3n) is 4.62. The molecule has 1 saturated heterocycles. The van der Waals surface area contributed by atoms with Gasteiger partial charge in [0, 0.05) is 18.7 Å². The molecular formula is C23H25NO3. The Morgan fingerprint density at radius 2 is 1.96 bits per heavy atom. The van der Waals surface area contributed by atoms with Gasteiger partial charge in [-0.05, 0) is 49.6 Å². The molecule has 140 valence electrons. The summed E-state index contributed by atoms with van der Waals surface area (Å²) >= 11 is 0. The second-order valence-electron chi connectivity index (χ2n) is 6.82. The largest absolute Gasteiger partial charge is 0.491 e. The third kappa shape index (κ3) is 5.35. The van der Waals surface area contributed by atoms with Crippen LogP contribution in [0.4, 0.5) is 0 Å². The van der Waals surface area contributed by atoms with E-state index in [2.05, 4.69) is 5.92 Å². The molecule has 1 atom stereocenters. The van der Waals surface area contributed by atoms with Gasteiger partial charge in [0.05, 0.1) is 12.6 Å². The van der Waals surface area contributed by atoms with E-state index in [0.717, 1.165) is 30.8 Å². The zero-order valence-electron chi connectivity index (χ0n) is 15.7. The van der Waals surface area contributed by atoms with Crippen molar-refractivity contribution in [3.05, 3.63) is 65.2 Å². The Balaban J connectivity index is 1.62. The lowest BCUT2D eigenvalue weighted by molar-refractivity contribution is 0.0678. The number of aryl methyl sites for hydroxylation is 1. The fraction of sp³-hybridized carbons (Fsp3) is 0.348. The average molecular weight is 363 g/mol. The number of carbonyl (C=O) groups excluding carboxylic acids is 1. The summed E-state index contributed by atoms with van der Waals surface area (Å²) in [5.74, 6) is 3.24. The van der Waals surface area contributed by atoms with Crippen LogP contribution in [0, 0.1) is 19.3 Å². The SMILES string of the molecule is C#CCN(Cc1ccc(C)cc1)C(=O)c1ccc(OCC2CCCO2)cc1. The molecule has 1 unspecified atom stereocenters. The molecule has 0 bridgehead atoms. The van der Waals surface area contributed by atoms with E-state index in [1.54, 1.807) is 17.0 Å². The molecule has 2 aromatic carbocycles. The first-order chi connectivity index (χ1) is 13.2. The molecule has 3 rings (SSSR count). The van der Waals surface area contributed by atoms with Crippen LogP contribution in [-0.2, 0) is 11.3 Å². The van der Waals surface area contributed by atoms with Gasteiger partial charge in [0.1, 0.15) is 12.4 Å². The number of rotatable bonds is 7. The Kier molecular flexibility index (Phi) is 6.51. The van der Waals surface area contributed by atoms with E-state index in [-0.39, 0.29) is 18.6 Å². The summed E-state index contributed by atoms with van der Waals surface area (Å²) in [5, 5.41) is 0. The van der Waals surface area contributed by atoms with Gasteiger partial charge in [-0.1, -0.05) is 35.7 Å². The summed E-state index contributed by atoms with van der Waals surface area (Å²) in [6.45, 7) is 4.15. The zero-order valence-corrected chi connectivity index (χ0v) is 15.7. The van der Waals surface area contributed by atoms with Crippen molar-refractivity contribution in [3.63, 3.8) is 0 Å². The van der Waals surface area contributed by atoms with Gasteiger partial charge in [-0.15, -0.1) is 6.42 Å². The first-order valence-corrected chi connectivity index (χ1v) is 9.28. The lowest BCUT2D eigenvalue weighted by Gasteiger charge is -2.21. The van der Waals surface area contributed by atoms with Crippen LogP contribution in [0.25, 0.3) is 0 Å². The van der Waals surface area contributed by atoms with Gasteiger partial charge >= 0.3 is 0 Å². The number of amides is 1. The smallest absolute Gasteiger partial charge is 0.254 e. The van der Waals surface area contributed by atoms with Crippen LogP contribution in [-0.4, -0.2) is 36.7 Å². The molecule has 0 N–H and O–H groups in total. The number of hydrogen-bond acceptors (Lipinski definition) is 3. The molecular weight excluding hydrogens is 338 g/mol. The minimum atomic E-state index is -0.0841. The summed E-state index contributed by atoms with van der Waals surface area (Å²) in [6, 6.07) is 15.3. The van der Waals surface area contributed by atoms with E-state index < -0.39 is 0 Å². The molecule has 4 heteroatoms. The fourth-order valence-corrected chi connectivity index (χ4v) is 3.06. The number of hydrogen-bond donors (Lipinski definition) is 0. The molecule has 0 aromatic heterocycles. The van der Waals surface area contributed by atoms with E-state index in [1.165, 1.54) is 5.56 Å². The first kappa shape index (κ1) is 19.0. The minimum absolute atomic E-state index is 0.0841. The van der Waals surface area contributed by atoms with Gasteiger partial charge < -0.3 is 14.4 Å². The third-order valence-corrected chi connectivity index (χ3v) is 4.62. The normalized spacial score (nSPS) is 15.9. The second kappa shape index (κ2) is 9.25. The van der Waals surface area contributed by atoms with Crippen molar-refractivity contribution < 1.29 is 14.3 Å². The second-order valence-corrected chi connectivity index (χ2v) is 6.82. The Morgan fingerprint density at radius 1 is 1.22 bits per heavy atom. The Bertz CT molecular complexity index is 784. The van der Waals surface area contributed by atoms with Gasteiger partial charge in [0.25, 0.3) is 5.91 Å². The number of benzene rings is 2. The summed E-state index contributed by atoms with van der Waals surface area (Å²) in [6.07, 6.45) is 7.77. The fourth-order valence-electron chi connectivity index (χ4n) is 3.06. The molecule has 27 heavy (non-hydrogen) atoms. The maximum atomic E-state index is 12.9. The molecule has 0 saturated carbocycles. The van der Waals surface area contributed by atoms with Crippen LogP contribution in [0.2, 0.25) is 0 Å². The molecule has 1 heterocycles. The molecule has 0 spiro atoms. The van der Waals surface area contributed by atoms with Crippen molar-refractivity contribution in [1.29, 1.82) is 0 Å². The van der Waals surface area contributed by atoms with Crippen molar-refractivity contribution in [2.45, 2.75) is 32.4 Å². The standard InChI is InChI=1S/C23H25NO3/c1-3-14-24(16-19-8-6-18(2)7-9-19)23(25)20-10-12-21(13-11-20)27-17-22-5-4-15-26-22/h1,6-13,22H,4-5,14-17H2,2H3. The highest BCUT2D eigenvalue weighted by atomic mass is 16.5. The molecule has 1 amide bonds. The van der Waals surface area contributed by atoms with Gasteiger partial charge in [-0.2, -0.15) is 0 Å². The number of nitrogens with zero attached hydrogens (tertiary/aromatic N) is 1. The molecule has 4 nitrogen and oxygen atoms in total. The van der Waals surface area contributed by atoms with Crippen molar-refractivity contribution in [1.82, 2.24) is 4.90 Å². The number of terminal acetylenes is 1. The molecule has 1 aliphatic rings. The molecule has 1 aliphatic heterocycles. The van der Waals surface area contributed by atoms with E-state index in [0.29, 0.717) is 18.7 Å². The minimum Gasteiger partial charge on any atom is -0.491 e. The quantitative estimate of drug-likeness (QED) is 0.702. The van der Waals surface area contributed by atoms with E-state index in [1.807, 2.05) is 43.3 Å². The number of ether oxygens (including phenoxy) is 2. The van der Waals surface area contributed by atoms with Crippen LogP contribution in [0.1, 0.15) is 34.3 Å². The molecule has 0 aliphatic carbocycles. The highest BCUT2D eigenvalue weighted by Crippen LogP contribution is 2.18. The Labute approximate surface area is 161 Å². The summed E-state index contributed by atoms with van der Waals surface area (Å²) in [5.41, 5.74) is 2.84. The zero-order chi connectivity index (χ0) is 19.1. The van der Waals surface area contributed by atoms with E-state index in [4.69, 9.17) is 15.9 Å². The lowest BCUT2D eigenvalue weighted by Crippen LogP contribution is -2.30. The molecule has 0 radical (unpaired) electrons. The van der Waals surface area contributed by atoms with Crippen LogP contribution in [0.15, 0.2) is 48.5 Å². The average Bonchev–Trinajstić information content (AvgIpc) is 3.21. The lowest BCUT2D eigenvalue weighted by atomic mass is 10.1. The van der Waals surface area contributed by atoms with Gasteiger partial charge in [-0.3, -0.25) is 4.79 Å². The van der Waals surface area contributed by atoms with Crippen LogP contribution in [0.3, 0.4) is 0 Å². The Hall–Kier alpha value is -2.77. The summed E-state index contributed by atoms with van der Waals surface area (Å²) < 4.78 is 11.3. The molecule has 1 fully saturated rings. The predicted octanol–water partition coefficient (Wildman–Crippen LogP) is 3.83. The maximum absolute atomic E-state index is 12.9. The van der Waals surface area contributed by atoms with E-state index in [9.17, 15) is 4.79 Å². The van der Waals surface area contributed by atoms with Crippen LogP contribution < -0.4 is 4.74 Å². The van der Waals surface area contributed by atoms with Gasteiger partial charge in [0.15, 0.2) is 0 Å². The van der Waals surface area contributed by atoms with Crippen molar-refractivity contribution in [3.8, 4) is 18.1 Å². The first-order valence-electron chi connectivity index (χ1n) is 9.28. The molecule has 2 aromatic rings. The predicted molar refractivity (Wildman–Crippen MR) is 106 cm³/mol. The van der Waals surface area contributed by atoms with Crippen LogP contribution >= 0.6 is 0 Å². The number of carbonyl (C=O) groups is 1. The van der Waals surface area contributed by atoms with Crippen molar-refractivity contribution >= 4 is 5.91 Å². The van der Waals surface area contributed by atoms with E-state index >= 15 is 0 Å². The van der Waals surface area contributed by atoms with Crippen molar-refractivity contribution in [2.24, 2.45) is 0 Å². The maximum Gasteiger partial charge on any atom is 0.254 e. The van der Waals surface area contributed by atoms with Crippen molar-refractivity contribution in [2.75, 3.05) is 19.8 Å². The summed E-state index contributed by atoms with van der Waals surface area (Å²) in [4.78, 5) is 14.5.